The molecule has 5 rings (SSSR count). The first-order valence-electron chi connectivity index (χ1n) is 12.9. The van der Waals surface area contributed by atoms with Gasteiger partial charge in [-0.2, -0.15) is 5.26 Å². The number of nitrogens with one attached hydrogen (secondary N) is 4. The fourth-order valence-electron chi connectivity index (χ4n) is 4.57. The van der Waals surface area contributed by atoms with Crippen molar-refractivity contribution in [3.63, 3.8) is 0 Å². The average molecular weight is 514 g/mol. The molecule has 0 unspecified atom stereocenters. The molecule has 0 bridgehead atoms. The van der Waals surface area contributed by atoms with Crippen molar-refractivity contribution in [2.45, 2.75) is 12.8 Å². The van der Waals surface area contributed by atoms with E-state index in [0.29, 0.717) is 42.0 Å². The number of aromatic nitrogens is 3. The Morgan fingerprint density at radius 3 is 2.66 bits per heavy atom. The van der Waals surface area contributed by atoms with Gasteiger partial charge in [-0.3, -0.25) is 4.79 Å². The van der Waals surface area contributed by atoms with Crippen LogP contribution >= 0.6 is 0 Å². The van der Waals surface area contributed by atoms with Crippen LogP contribution in [0, 0.1) is 17.2 Å². The minimum atomic E-state index is -0.242. The largest absolute Gasteiger partial charge is 0.384 e. The normalized spacial score (nSPS) is 15.9. The van der Waals surface area contributed by atoms with Crippen LogP contribution < -0.4 is 26.2 Å². The number of carbonyl (C=O) groups is 1. The Kier molecular flexibility index (Phi) is 8.23. The summed E-state index contributed by atoms with van der Waals surface area (Å²) >= 11 is 0. The van der Waals surface area contributed by atoms with E-state index in [-0.39, 0.29) is 11.6 Å². The summed E-state index contributed by atoms with van der Waals surface area (Å²) in [5, 5.41) is 22.0. The van der Waals surface area contributed by atoms with E-state index in [9.17, 15) is 4.79 Å². The first-order chi connectivity index (χ1) is 18.7. The van der Waals surface area contributed by atoms with Gasteiger partial charge in [0.2, 0.25) is 0 Å². The lowest BCUT2D eigenvalue weighted by Gasteiger charge is -2.29. The molecule has 4 N–H and O–H groups in total. The van der Waals surface area contributed by atoms with Gasteiger partial charge in [-0.1, -0.05) is 6.07 Å². The summed E-state index contributed by atoms with van der Waals surface area (Å²) < 4.78 is 5.46. The zero-order valence-electron chi connectivity index (χ0n) is 21.1. The first-order valence-corrected chi connectivity index (χ1v) is 12.9. The van der Waals surface area contributed by atoms with E-state index in [1.54, 1.807) is 12.3 Å². The minimum absolute atomic E-state index is 0.234. The molecule has 0 aliphatic carbocycles. The Morgan fingerprint density at radius 1 is 1.08 bits per heavy atom. The monoisotopic (exact) mass is 513 g/mol. The molecule has 0 radical (unpaired) electrons. The highest BCUT2D eigenvalue weighted by Gasteiger charge is 2.18. The highest BCUT2D eigenvalue weighted by molar-refractivity contribution is 6.08. The number of hydrogen-bond donors (Lipinski definition) is 4. The fraction of sp³-hybridized carbons (Fsp3) is 0.370. The van der Waals surface area contributed by atoms with Gasteiger partial charge in [0.05, 0.1) is 36.9 Å². The van der Waals surface area contributed by atoms with Gasteiger partial charge in [-0.25, -0.2) is 15.0 Å². The Morgan fingerprint density at radius 2 is 1.89 bits per heavy atom. The maximum atomic E-state index is 13.4. The molecule has 2 aromatic heterocycles. The Bertz CT molecular complexity index is 1280. The molecule has 2 aliphatic heterocycles. The van der Waals surface area contributed by atoms with Crippen molar-refractivity contribution in [1.29, 1.82) is 5.26 Å². The predicted octanol–water partition coefficient (Wildman–Crippen LogP) is 2.99. The summed E-state index contributed by atoms with van der Waals surface area (Å²) in [6.07, 6.45) is 6.60. The van der Waals surface area contributed by atoms with Crippen LogP contribution in [0.3, 0.4) is 0 Å². The molecule has 196 valence electrons. The summed E-state index contributed by atoms with van der Waals surface area (Å²) in [7, 11) is 0. The quantitative estimate of drug-likeness (QED) is 0.355. The van der Waals surface area contributed by atoms with E-state index in [1.165, 1.54) is 12.4 Å². The molecular formula is C27H31N9O2. The third kappa shape index (κ3) is 6.53. The number of rotatable bonds is 8. The number of morpholine rings is 1. The van der Waals surface area contributed by atoms with Crippen LogP contribution in [-0.2, 0) is 4.74 Å². The molecule has 1 aromatic carbocycles. The SMILES string of the molecule is N#Cc1cnc(Nc2cc(NCC3CCNCC3)c(C(=O)Nc3cccc(N4CCOCC4)c3)cn2)cn1. The number of nitriles is 1. The maximum absolute atomic E-state index is 13.4. The van der Waals surface area contributed by atoms with Gasteiger partial charge in [-0.15, -0.1) is 0 Å². The number of nitrogens with zero attached hydrogens (tertiary/aromatic N) is 5. The lowest BCUT2D eigenvalue weighted by Crippen LogP contribution is -2.36. The van der Waals surface area contributed by atoms with Crippen molar-refractivity contribution in [3.05, 3.63) is 60.2 Å². The number of anilines is 5. The molecule has 2 aliphatic rings. The van der Waals surface area contributed by atoms with Crippen LogP contribution in [0.15, 0.2) is 48.9 Å². The van der Waals surface area contributed by atoms with Crippen molar-refractivity contribution >= 4 is 34.6 Å². The van der Waals surface area contributed by atoms with Crippen LogP contribution in [0.2, 0.25) is 0 Å². The molecule has 2 saturated heterocycles. The zero-order valence-corrected chi connectivity index (χ0v) is 21.1. The van der Waals surface area contributed by atoms with Gasteiger partial charge in [0.15, 0.2) is 5.69 Å². The molecule has 3 aromatic rings. The van der Waals surface area contributed by atoms with Gasteiger partial charge in [0, 0.05) is 43.3 Å². The number of pyridine rings is 1. The minimum Gasteiger partial charge on any atom is -0.384 e. The number of benzene rings is 1. The van der Waals surface area contributed by atoms with Crippen molar-refractivity contribution in [3.8, 4) is 6.07 Å². The maximum Gasteiger partial charge on any atom is 0.259 e. The molecule has 0 atom stereocenters. The lowest BCUT2D eigenvalue weighted by molar-refractivity contribution is 0.102. The van der Waals surface area contributed by atoms with E-state index in [1.807, 2.05) is 30.3 Å². The summed E-state index contributed by atoms with van der Waals surface area (Å²) in [5.74, 6) is 1.25. The molecule has 11 nitrogen and oxygen atoms in total. The second kappa shape index (κ2) is 12.3. The number of amides is 1. The van der Waals surface area contributed by atoms with Gasteiger partial charge >= 0.3 is 0 Å². The van der Waals surface area contributed by atoms with Crippen LogP contribution in [0.4, 0.5) is 28.7 Å². The summed E-state index contributed by atoms with van der Waals surface area (Å²) in [6.45, 7) is 5.80. The Hall–Kier alpha value is -4.27. The average Bonchev–Trinajstić information content (AvgIpc) is 2.97. The summed E-state index contributed by atoms with van der Waals surface area (Å²) in [6, 6.07) is 11.6. The van der Waals surface area contributed by atoms with Crippen LogP contribution in [0.5, 0.6) is 0 Å². The van der Waals surface area contributed by atoms with Gasteiger partial charge in [0.25, 0.3) is 5.91 Å². The van der Waals surface area contributed by atoms with E-state index < -0.39 is 0 Å². The van der Waals surface area contributed by atoms with E-state index >= 15 is 0 Å². The third-order valence-electron chi connectivity index (χ3n) is 6.69. The number of piperidine rings is 1. The first kappa shape index (κ1) is 25.4. The van der Waals surface area contributed by atoms with E-state index in [0.717, 1.165) is 56.9 Å². The molecule has 0 saturated carbocycles. The van der Waals surface area contributed by atoms with Gasteiger partial charge < -0.3 is 30.9 Å². The molecule has 4 heterocycles. The standard InChI is InChI=1S/C27H31N9O2/c28-14-21-16-32-26(18-30-21)35-25-13-24(31-15-19-4-6-29-7-5-19)23(17-33-25)27(37)34-20-2-1-3-22(12-20)36-8-10-38-11-9-36/h1-3,12-13,16-19,29H,4-11,15H2,(H,34,37)(H2,31,32,33,35). The highest BCUT2D eigenvalue weighted by atomic mass is 16.5. The van der Waals surface area contributed by atoms with E-state index in [4.69, 9.17) is 10.00 Å². The van der Waals surface area contributed by atoms with E-state index in [2.05, 4.69) is 41.1 Å². The highest BCUT2D eigenvalue weighted by Crippen LogP contribution is 2.25. The molecule has 11 heteroatoms. The van der Waals surface area contributed by atoms with Gasteiger partial charge in [-0.05, 0) is 50.0 Å². The van der Waals surface area contributed by atoms with Crippen LogP contribution in [0.1, 0.15) is 28.9 Å². The lowest BCUT2D eigenvalue weighted by atomic mass is 9.98. The van der Waals surface area contributed by atoms with Crippen LogP contribution in [-0.4, -0.2) is 66.8 Å². The number of hydrogen-bond acceptors (Lipinski definition) is 10. The second-order valence-corrected chi connectivity index (χ2v) is 9.32. The van der Waals surface area contributed by atoms with Crippen molar-refractivity contribution in [2.24, 2.45) is 5.92 Å². The number of ether oxygens (including phenoxy) is 1. The second-order valence-electron chi connectivity index (χ2n) is 9.32. The third-order valence-corrected chi connectivity index (χ3v) is 6.69. The predicted molar refractivity (Wildman–Crippen MR) is 146 cm³/mol. The molecule has 2 fully saturated rings. The molecular weight excluding hydrogens is 482 g/mol. The molecule has 1 amide bonds. The summed E-state index contributed by atoms with van der Waals surface area (Å²) in [5.41, 5.74) is 3.14. The van der Waals surface area contributed by atoms with Gasteiger partial charge in [0.1, 0.15) is 17.7 Å². The van der Waals surface area contributed by atoms with Crippen molar-refractivity contribution < 1.29 is 9.53 Å². The molecule has 38 heavy (non-hydrogen) atoms. The fourth-order valence-corrected chi connectivity index (χ4v) is 4.57. The number of carbonyl (C=O) groups excluding carboxylic acids is 1. The van der Waals surface area contributed by atoms with Crippen LogP contribution in [0.25, 0.3) is 0 Å². The Balaban J connectivity index is 1.34. The zero-order chi connectivity index (χ0) is 26.2. The molecule has 0 spiro atoms. The summed E-state index contributed by atoms with van der Waals surface area (Å²) in [4.78, 5) is 28.3. The smallest absolute Gasteiger partial charge is 0.259 e. The Labute approximate surface area is 221 Å². The topological polar surface area (TPSA) is 140 Å². The van der Waals surface area contributed by atoms with Crippen molar-refractivity contribution in [1.82, 2.24) is 20.3 Å². The van der Waals surface area contributed by atoms with Crippen molar-refractivity contribution in [2.75, 3.05) is 66.8 Å².